The Morgan fingerprint density at radius 3 is 3.13 bits per heavy atom. The number of hydrogen-bond donors (Lipinski definition) is 2. The van der Waals surface area contributed by atoms with Gasteiger partial charge >= 0.3 is 0 Å². The third kappa shape index (κ3) is 2.25. The predicted octanol–water partition coefficient (Wildman–Crippen LogP) is 2.22. The van der Waals surface area contributed by atoms with Gasteiger partial charge in [0.05, 0.1) is 0 Å². The van der Waals surface area contributed by atoms with E-state index in [1.807, 2.05) is 6.20 Å². The lowest BCUT2D eigenvalue weighted by Gasteiger charge is -2.39. The van der Waals surface area contributed by atoms with Gasteiger partial charge in [-0.2, -0.15) is 0 Å². The maximum absolute atomic E-state index is 9.27. The van der Waals surface area contributed by atoms with E-state index >= 15 is 0 Å². The highest BCUT2D eigenvalue weighted by Gasteiger charge is 2.34. The van der Waals surface area contributed by atoms with Gasteiger partial charge in [-0.3, -0.25) is 0 Å². The highest BCUT2D eigenvalue weighted by Crippen LogP contribution is 2.44. The SMILES string of the molecule is CC1(C2=CCNC=C2)CCCC(CO)C1. The molecule has 1 heterocycles. The van der Waals surface area contributed by atoms with E-state index in [0.717, 1.165) is 13.0 Å². The smallest absolute Gasteiger partial charge is 0.0459 e. The normalized spacial score (nSPS) is 35.9. The monoisotopic (exact) mass is 207 g/mol. The van der Waals surface area contributed by atoms with Crippen LogP contribution in [0.4, 0.5) is 0 Å². The maximum atomic E-state index is 9.27. The third-order valence-electron chi connectivity index (χ3n) is 3.86. The second kappa shape index (κ2) is 4.40. The van der Waals surface area contributed by atoms with E-state index in [-0.39, 0.29) is 0 Å². The van der Waals surface area contributed by atoms with E-state index < -0.39 is 0 Å². The van der Waals surface area contributed by atoms with Crippen LogP contribution in [0.5, 0.6) is 0 Å². The van der Waals surface area contributed by atoms with Gasteiger partial charge in [-0.15, -0.1) is 0 Å². The molecule has 2 rings (SSSR count). The Kier molecular flexibility index (Phi) is 3.15. The van der Waals surface area contributed by atoms with Crippen LogP contribution in [0.1, 0.15) is 32.6 Å². The zero-order valence-electron chi connectivity index (χ0n) is 9.50. The molecule has 84 valence electrons. The van der Waals surface area contributed by atoms with Crippen molar-refractivity contribution in [2.24, 2.45) is 11.3 Å². The zero-order valence-corrected chi connectivity index (χ0v) is 9.50. The van der Waals surface area contributed by atoms with Gasteiger partial charge < -0.3 is 10.4 Å². The summed E-state index contributed by atoms with van der Waals surface area (Å²) in [7, 11) is 0. The van der Waals surface area contributed by atoms with Crippen LogP contribution in [0.15, 0.2) is 23.9 Å². The number of rotatable bonds is 2. The van der Waals surface area contributed by atoms with Crippen LogP contribution >= 0.6 is 0 Å². The molecule has 0 bridgehead atoms. The molecular weight excluding hydrogens is 186 g/mol. The summed E-state index contributed by atoms with van der Waals surface area (Å²) in [5.74, 6) is 0.507. The van der Waals surface area contributed by atoms with Crippen LogP contribution in [0.25, 0.3) is 0 Å². The van der Waals surface area contributed by atoms with E-state index in [4.69, 9.17) is 0 Å². The molecule has 0 saturated heterocycles. The quantitative estimate of drug-likeness (QED) is 0.727. The molecule has 0 radical (unpaired) electrons. The molecule has 0 spiro atoms. The van der Waals surface area contributed by atoms with Gasteiger partial charge in [-0.1, -0.05) is 19.4 Å². The molecule has 0 amide bonds. The third-order valence-corrected chi connectivity index (χ3v) is 3.86. The van der Waals surface area contributed by atoms with Crippen molar-refractivity contribution < 1.29 is 5.11 Å². The molecule has 2 unspecified atom stereocenters. The molecule has 0 aromatic heterocycles. The van der Waals surface area contributed by atoms with Crippen LogP contribution in [0.2, 0.25) is 0 Å². The Morgan fingerprint density at radius 1 is 1.60 bits per heavy atom. The summed E-state index contributed by atoms with van der Waals surface area (Å²) in [6.07, 6.45) is 11.4. The average molecular weight is 207 g/mol. The minimum atomic E-state index is 0.296. The molecule has 2 N–H and O–H groups in total. The summed E-state index contributed by atoms with van der Waals surface area (Å²) in [5.41, 5.74) is 1.75. The van der Waals surface area contributed by atoms with E-state index in [1.54, 1.807) is 0 Å². The van der Waals surface area contributed by atoms with Crippen molar-refractivity contribution in [2.75, 3.05) is 13.2 Å². The second-order valence-electron chi connectivity index (χ2n) is 5.11. The Labute approximate surface area is 92.1 Å². The second-order valence-corrected chi connectivity index (χ2v) is 5.11. The van der Waals surface area contributed by atoms with E-state index in [2.05, 4.69) is 24.4 Å². The molecule has 2 atom stereocenters. The molecule has 2 nitrogen and oxygen atoms in total. The van der Waals surface area contributed by atoms with Crippen molar-refractivity contribution in [3.05, 3.63) is 23.9 Å². The Morgan fingerprint density at radius 2 is 2.47 bits per heavy atom. The molecule has 2 aliphatic rings. The van der Waals surface area contributed by atoms with Gasteiger partial charge in [0.1, 0.15) is 0 Å². The fourth-order valence-corrected chi connectivity index (χ4v) is 2.94. The van der Waals surface area contributed by atoms with Crippen molar-refractivity contribution in [1.29, 1.82) is 0 Å². The van der Waals surface area contributed by atoms with Crippen LogP contribution in [0.3, 0.4) is 0 Å². The summed E-state index contributed by atoms with van der Waals surface area (Å²) >= 11 is 0. The molecule has 0 aromatic rings. The zero-order chi connectivity index (χ0) is 10.7. The molecule has 0 aromatic carbocycles. The van der Waals surface area contributed by atoms with Crippen LogP contribution in [-0.4, -0.2) is 18.3 Å². The minimum absolute atomic E-state index is 0.296. The highest BCUT2D eigenvalue weighted by atomic mass is 16.3. The Bertz CT molecular complexity index is 282. The number of dihydropyridines is 1. The van der Waals surface area contributed by atoms with Gasteiger partial charge in [0, 0.05) is 13.2 Å². The molecule has 2 heteroatoms. The summed E-state index contributed by atoms with van der Waals surface area (Å²) in [6, 6.07) is 0. The van der Waals surface area contributed by atoms with E-state index in [1.165, 1.54) is 24.8 Å². The van der Waals surface area contributed by atoms with Crippen molar-refractivity contribution in [3.8, 4) is 0 Å². The number of nitrogens with one attached hydrogen (secondary N) is 1. The standard InChI is InChI=1S/C13H21NO/c1-13(12-4-7-14-8-5-12)6-2-3-11(9-13)10-15/h4-5,7,11,14-15H,2-3,6,8-10H2,1H3. The summed E-state index contributed by atoms with van der Waals surface area (Å²) < 4.78 is 0. The van der Waals surface area contributed by atoms with Crippen molar-refractivity contribution in [1.82, 2.24) is 5.32 Å². The molecule has 1 saturated carbocycles. The average Bonchev–Trinajstić information content (AvgIpc) is 2.30. The summed E-state index contributed by atoms with van der Waals surface area (Å²) in [6.45, 7) is 3.65. The Balaban J connectivity index is 2.11. The topological polar surface area (TPSA) is 32.3 Å². The molecule has 1 aliphatic heterocycles. The highest BCUT2D eigenvalue weighted by molar-refractivity contribution is 5.29. The van der Waals surface area contributed by atoms with Crippen LogP contribution in [0, 0.1) is 11.3 Å². The van der Waals surface area contributed by atoms with Gasteiger partial charge in [0.15, 0.2) is 0 Å². The van der Waals surface area contributed by atoms with E-state index in [9.17, 15) is 5.11 Å². The van der Waals surface area contributed by atoms with Crippen LogP contribution in [-0.2, 0) is 0 Å². The largest absolute Gasteiger partial charge is 0.396 e. The first-order valence-corrected chi connectivity index (χ1v) is 5.96. The summed E-state index contributed by atoms with van der Waals surface area (Å²) in [5, 5.41) is 12.5. The first kappa shape index (κ1) is 10.7. The lowest BCUT2D eigenvalue weighted by Crippen LogP contribution is -2.30. The number of aliphatic hydroxyl groups is 1. The predicted molar refractivity (Wildman–Crippen MR) is 62.4 cm³/mol. The minimum Gasteiger partial charge on any atom is -0.396 e. The molecule has 1 fully saturated rings. The molecule has 1 aliphatic carbocycles. The van der Waals surface area contributed by atoms with Crippen molar-refractivity contribution in [2.45, 2.75) is 32.6 Å². The van der Waals surface area contributed by atoms with E-state index in [0.29, 0.717) is 17.9 Å². The number of allylic oxidation sites excluding steroid dienone is 2. The fraction of sp³-hybridized carbons (Fsp3) is 0.692. The number of hydrogen-bond acceptors (Lipinski definition) is 2. The van der Waals surface area contributed by atoms with Gasteiger partial charge in [-0.05, 0) is 48.4 Å². The number of aliphatic hydroxyl groups excluding tert-OH is 1. The van der Waals surface area contributed by atoms with Gasteiger partial charge in [0.2, 0.25) is 0 Å². The molecule has 15 heavy (non-hydrogen) atoms. The van der Waals surface area contributed by atoms with Gasteiger partial charge in [0.25, 0.3) is 0 Å². The lowest BCUT2D eigenvalue weighted by molar-refractivity contribution is 0.130. The Hall–Kier alpha value is -0.760. The first-order chi connectivity index (χ1) is 7.24. The molecular formula is C13H21NO. The van der Waals surface area contributed by atoms with Crippen LogP contribution < -0.4 is 5.32 Å². The fourth-order valence-electron chi connectivity index (χ4n) is 2.94. The first-order valence-electron chi connectivity index (χ1n) is 5.96. The van der Waals surface area contributed by atoms with Crippen molar-refractivity contribution in [3.63, 3.8) is 0 Å². The summed E-state index contributed by atoms with van der Waals surface area (Å²) in [4.78, 5) is 0. The maximum Gasteiger partial charge on any atom is 0.0459 e. The van der Waals surface area contributed by atoms with Crippen molar-refractivity contribution >= 4 is 0 Å². The lowest BCUT2D eigenvalue weighted by atomic mass is 9.66. The van der Waals surface area contributed by atoms with Gasteiger partial charge in [-0.25, -0.2) is 0 Å².